The molecular formula is C24H36Cl2N2O2. The van der Waals surface area contributed by atoms with Crippen molar-refractivity contribution >= 4 is 24.8 Å². The van der Waals surface area contributed by atoms with Gasteiger partial charge in [0.05, 0.1) is 6.61 Å². The number of ether oxygens (including phenoxy) is 2. The molecule has 0 amide bonds. The number of nitrogens with one attached hydrogen (secondary N) is 1. The van der Waals surface area contributed by atoms with Crippen molar-refractivity contribution in [2.75, 3.05) is 32.8 Å². The molecule has 6 heteroatoms. The third-order valence-corrected chi connectivity index (χ3v) is 5.57. The number of piperazine rings is 1. The number of hydrogen-bond acceptors (Lipinski definition) is 4. The summed E-state index contributed by atoms with van der Waals surface area (Å²) in [6.07, 6.45) is 1.16. The van der Waals surface area contributed by atoms with Crippen molar-refractivity contribution in [3.63, 3.8) is 0 Å². The molecular weight excluding hydrogens is 419 g/mol. The zero-order valence-corrected chi connectivity index (χ0v) is 19.9. The Hall–Kier alpha value is -1.46. The molecule has 4 nitrogen and oxygen atoms in total. The molecule has 0 saturated carbocycles. The molecule has 1 heterocycles. The molecule has 0 bridgehead atoms. The molecule has 1 aliphatic heterocycles. The van der Waals surface area contributed by atoms with E-state index < -0.39 is 0 Å². The lowest BCUT2D eigenvalue weighted by molar-refractivity contribution is 0.128. The van der Waals surface area contributed by atoms with Gasteiger partial charge in [-0.1, -0.05) is 56.7 Å². The Morgan fingerprint density at radius 1 is 0.933 bits per heavy atom. The van der Waals surface area contributed by atoms with Crippen molar-refractivity contribution in [1.29, 1.82) is 0 Å². The summed E-state index contributed by atoms with van der Waals surface area (Å²) in [5.74, 6) is 2.25. The van der Waals surface area contributed by atoms with Crippen LogP contribution in [0.4, 0.5) is 0 Å². The highest BCUT2D eigenvalue weighted by Gasteiger charge is 2.27. The molecule has 2 atom stereocenters. The third kappa shape index (κ3) is 7.05. The molecule has 1 unspecified atom stereocenters. The van der Waals surface area contributed by atoms with Gasteiger partial charge in [-0.15, -0.1) is 24.8 Å². The van der Waals surface area contributed by atoms with E-state index in [4.69, 9.17) is 9.47 Å². The van der Waals surface area contributed by atoms with E-state index in [2.05, 4.69) is 54.4 Å². The molecule has 2 aromatic rings. The fraction of sp³-hybridized carbons (Fsp3) is 0.500. The van der Waals surface area contributed by atoms with Crippen LogP contribution in [0.25, 0.3) is 0 Å². The minimum absolute atomic E-state index is 0. The number of nitrogens with zero attached hydrogens (tertiary/aromatic N) is 1. The Balaban J connectivity index is 0.00000225. The number of hydrogen-bond donors (Lipinski definition) is 1. The summed E-state index contributed by atoms with van der Waals surface area (Å²) in [7, 11) is 0. The maximum Gasteiger partial charge on any atom is 0.161 e. The normalized spacial score (nSPS) is 16.0. The van der Waals surface area contributed by atoms with Crippen LogP contribution in [0, 0.1) is 5.92 Å². The van der Waals surface area contributed by atoms with Crippen LogP contribution in [0.3, 0.4) is 0 Å². The van der Waals surface area contributed by atoms with Crippen LogP contribution in [0.1, 0.15) is 44.4 Å². The quantitative estimate of drug-likeness (QED) is 0.542. The monoisotopic (exact) mass is 454 g/mol. The number of halogens is 2. The molecule has 1 saturated heterocycles. The maximum atomic E-state index is 6.09. The van der Waals surface area contributed by atoms with E-state index >= 15 is 0 Å². The largest absolute Gasteiger partial charge is 0.490 e. The van der Waals surface area contributed by atoms with E-state index in [-0.39, 0.29) is 24.8 Å². The Morgan fingerprint density at radius 3 is 2.27 bits per heavy atom. The zero-order chi connectivity index (χ0) is 19.8. The second-order valence-corrected chi connectivity index (χ2v) is 7.53. The predicted octanol–water partition coefficient (Wildman–Crippen LogP) is 5.50. The van der Waals surface area contributed by atoms with Crippen molar-refractivity contribution in [3.8, 4) is 11.5 Å². The molecule has 30 heavy (non-hydrogen) atoms. The van der Waals surface area contributed by atoms with Gasteiger partial charge in [-0.05, 0) is 36.1 Å². The van der Waals surface area contributed by atoms with Gasteiger partial charge in [0.2, 0.25) is 0 Å². The summed E-state index contributed by atoms with van der Waals surface area (Å²) >= 11 is 0. The van der Waals surface area contributed by atoms with Crippen LogP contribution in [0.15, 0.2) is 48.5 Å². The van der Waals surface area contributed by atoms with Gasteiger partial charge in [0, 0.05) is 32.2 Å². The lowest BCUT2D eigenvalue weighted by Gasteiger charge is -2.38. The molecule has 0 aliphatic carbocycles. The second-order valence-electron chi connectivity index (χ2n) is 7.53. The summed E-state index contributed by atoms with van der Waals surface area (Å²) in [5, 5.41) is 3.46. The minimum atomic E-state index is 0. The van der Waals surface area contributed by atoms with Crippen molar-refractivity contribution in [3.05, 3.63) is 59.7 Å². The standard InChI is InChI=1S/C24H34N2O2.2ClH/c1-4-19(3)24(26-15-13-25-14-16-26)21-11-12-22(23(17-21)27-5-2)28-18-20-9-7-6-8-10-20;;/h6-12,17,19,24-25H,4-5,13-16,18H2,1-3H3;2*1H/t19?,24-;;/m0../s1. The highest BCUT2D eigenvalue weighted by atomic mass is 35.5. The fourth-order valence-corrected chi connectivity index (χ4v) is 3.91. The highest BCUT2D eigenvalue weighted by Crippen LogP contribution is 2.37. The molecule has 0 radical (unpaired) electrons. The van der Waals surface area contributed by atoms with E-state index in [1.165, 1.54) is 5.56 Å². The van der Waals surface area contributed by atoms with E-state index in [0.717, 1.165) is 49.7 Å². The van der Waals surface area contributed by atoms with Gasteiger partial charge in [-0.3, -0.25) is 4.90 Å². The van der Waals surface area contributed by atoms with Crippen LogP contribution in [0.5, 0.6) is 11.5 Å². The molecule has 1 fully saturated rings. The van der Waals surface area contributed by atoms with Gasteiger partial charge in [-0.2, -0.15) is 0 Å². The van der Waals surface area contributed by atoms with Gasteiger partial charge < -0.3 is 14.8 Å². The van der Waals surface area contributed by atoms with Crippen LogP contribution >= 0.6 is 24.8 Å². The summed E-state index contributed by atoms with van der Waals surface area (Å²) in [6.45, 7) is 12.1. The van der Waals surface area contributed by atoms with Crippen molar-refractivity contribution in [2.24, 2.45) is 5.92 Å². The maximum absolute atomic E-state index is 6.09. The molecule has 1 aliphatic rings. The van der Waals surface area contributed by atoms with Gasteiger partial charge >= 0.3 is 0 Å². The SMILES string of the molecule is CCOc1cc([C@H](C(C)CC)N2CCNCC2)ccc1OCc1ccccc1.Cl.Cl. The van der Waals surface area contributed by atoms with Gasteiger partial charge in [0.1, 0.15) is 6.61 Å². The Bertz CT molecular complexity index is 724. The Morgan fingerprint density at radius 2 is 1.63 bits per heavy atom. The molecule has 1 N–H and O–H groups in total. The third-order valence-electron chi connectivity index (χ3n) is 5.57. The lowest BCUT2D eigenvalue weighted by Crippen LogP contribution is -2.46. The van der Waals surface area contributed by atoms with Crippen LogP contribution in [-0.2, 0) is 6.61 Å². The minimum Gasteiger partial charge on any atom is -0.490 e. The smallest absolute Gasteiger partial charge is 0.161 e. The summed E-state index contributed by atoms with van der Waals surface area (Å²) in [6, 6.07) is 17.2. The van der Waals surface area contributed by atoms with Crippen LogP contribution in [0.2, 0.25) is 0 Å². The number of benzene rings is 2. The highest BCUT2D eigenvalue weighted by molar-refractivity contribution is 5.85. The van der Waals surface area contributed by atoms with E-state index in [9.17, 15) is 0 Å². The fourth-order valence-electron chi connectivity index (χ4n) is 3.91. The van der Waals surface area contributed by atoms with E-state index in [1.54, 1.807) is 0 Å². The average Bonchev–Trinajstić information content (AvgIpc) is 2.75. The number of rotatable bonds is 9. The van der Waals surface area contributed by atoms with Gasteiger partial charge in [0.15, 0.2) is 11.5 Å². The molecule has 168 valence electrons. The average molecular weight is 455 g/mol. The first-order valence-electron chi connectivity index (χ1n) is 10.6. The molecule has 2 aromatic carbocycles. The van der Waals surface area contributed by atoms with Crippen LogP contribution in [-0.4, -0.2) is 37.7 Å². The first-order chi connectivity index (χ1) is 13.7. The zero-order valence-electron chi connectivity index (χ0n) is 18.3. The summed E-state index contributed by atoms with van der Waals surface area (Å²) in [4.78, 5) is 2.61. The molecule has 3 rings (SSSR count). The van der Waals surface area contributed by atoms with Gasteiger partial charge in [-0.25, -0.2) is 0 Å². The first kappa shape index (κ1) is 26.6. The van der Waals surface area contributed by atoms with Crippen molar-refractivity contribution in [1.82, 2.24) is 10.2 Å². The van der Waals surface area contributed by atoms with E-state index in [0.29, 0.717) is 25.2 Å². The summed E-state index contributed by atoms with van der Waals surface area (Å²) < 4.78 is 12.1. The Labute approximate surface area is 194 Å². The topological polar surface area (TPSA) is 33.7 Å². The van der Waals surface area contributed by atoms with Gasteiger partial charge in [0.25, 0.3) is 0 Å². The second kappa shape index (κ2) is 13.8. The summed E-state index contributed by atoms with van der Waals surface area (Å²) in [5.41, 5.74) is 2.49. The van der Waals surface area contributed by atoms with Crippen molar-refractivity contribution < 1.29 is 9.47 Å². The Kier molecular flexibility index (Phi) is 12.2. The predicted molar refractivity (Wildman–Crippen MR) is 130 cm³/mol. The van der Waals surface area contributed by atoms with E-state index in [1.807, 2.05) is 25.1 Å². The lowest BCUT2D eigenvalue weighted by atomic mass is 9.90. The first-order valence-corrected chi connectivity index (χ1v) is 10.6. The molecule has 0 spiro atoms. The van der Waals surface area contributed by atoms with Crippen LogP contribution < -0.4 is 14.8 Å². The molecule has 0 aromatic heterocycles. The van der Waals surface area contributed by atoms with Crippen molar-refractivity contribution in [2.45, 2.75) is 39.8 Å².